The Morgan fingerprint density at radius 3 is 2.41 bits per heavy atom. The Morgan fingerprint density at radius 1 is 1.06 bits per heavy atom. The van der Waals surface area contributed by atoms with E-state index in [9.17, 15) is 9.59 Å². The number of thiocarbonyl (C=S) groups is 1. The van der Waals surface area contributed by atoms with Crippen molar-refractivity contribution in [2.24, 2.45) is 0 Å². The van der Waals surface area contributed by atoms with E-state index in [0.717, 1.165) is 22.9 Å². The molecule has 0 aromatic heterocycles. The molecule has 0 aliphatic rings. The number of unbranched alkanes of at least 4 members (excludes halogenated alkanes) is 1. The van der Waals surface area contributed by atoms with Gasteiger partial charge in [-0.2, -0.15) is 0 Å². The number of carbonyl (C=O) groups excluding carboxylic acids is 2. The predicted octanol–water partition coefficient (Wildman–Crippen LogP) is 4.47. The molecule has 172 valence electrons. The molecule has 0 heterocycles. The van der Waals surface area contributed by atoms with Crippen molar-refractivity contribution in [3.8, 4) is 11.5 Å². The normalized spacial score (nSPS) is 10.4. The third kappa shape index (κ3) is 8.47. The molecule has 9 heteroatoms. The number of hydrazine groups is 1. The summed E-state index contributed by atoms with van der Waals surface area (Å²) >= 11 is 8.50. The maximum absolute atomic E-state index is 12.3. The Balaban J connectivity index is 1.74. The van der Waals surface area contributed by atoms with Crippen LogP contribution in [0.25, 0.3) is 0 Å². The lowest BCUT2D eigenvalue weighted by molar-refractivity contribution is -0.123. The van der Waals surface area contributed by atoms with Crippen LogP contribution in [0.4, 0.5) is 0 Å². The number of hydrogen-bond donors (Lipinski definition) is 3. The highest BCUT2D eigenvalue weighted by Crippen LogP contribution is 2.28. The highest BCUT2D eigenvalue weighted by Gasteiger charge is 2.11. The highest BCUT2D eigenvalue weighted by atomic mass is 79.9. The molecule has 0 aliphatic carbocycles. The number of ether oxygens (including phenoxy) is 2. The summed E-state index contributed by atoms with van der Waals surface area (Å²) in [5.41, 5.74) is 6.46. The summed E-state index contributed by atoms with van der Waals surface area (Å²) in [5.74, 6) is 0.800. The number of hydrogen-bond acceptors (Lipinski definition) is 5. The lowest BCUT2D eigenvalue weighted by atomic mass is 10.0. The van der Waals surface area contributed by atoms with Crippen LogP contribution in [0, 0.1) is 0 Å². The average molecular weight is 522 g/mol. The molecule has 2 aromatic carbocycles. The van der Waals surface area contributed by atoms with Crippen molar-refractivity contribution in [3.63, 3.8) is 0 Å². The van der Waals surface area contributed by atoms with Crippen LogP contribution in [0.15, 0.2) is 46.9 Å². The van der Waals surface area contributed by atoms with Gasteiger partial charge in [0, 0.05) is 5.56 Å². The van der Waals surface area contributed by atoms with Gasteiger partial charge in [-0.15, -0.1) is 0 Å². The molecule has 0 unspecified atom stereocenters. The summed E-state index contributed by atoms with van der Waals surface area (Å²) in [6, 6.07) is 12.5. The first kappa shape index (κ1) is 25.6. The van der Waals surface area contributed by atoms with Gasteiger partial charge in [0.2, 0.25) is 0 Å². The van der Waals surface area contributed by atoms with Gasteiger partial charge in [0.1, 0.15) is 11.5 Å². The van der Waals surface area contributed by atoms with Crippen molar-refractivity contribution in [1.82, 2.24) is 16.2 Å². The van der Waals surface area contributed by atoms with Crippen LogP contribution in [0.5, 0.6) is 11.5 Å². The lowest BCUT2D eigenvalue weighted by Crippen LogP contribution is -2.49. The fourth-order valence-corrected chi connectivity index (χ4v) is 3.20. The maximum atomic E-state index is 12.3. The standard InChI is InChI=1S/C23H28BrN3O4S/c1-4-5-12-30-18-9-6-16(7-10-18)22(29)25-23(32)27-26-21(28)14-31-20-11-8-17(15(2)3)13-19(20)24/h6-11,13,15H,4-5,12,14H2,1-3H3,(H,26,28)(H2,25,27,29,32). The maximum Gasteiger partial charge on any atom is 0.276 e. The van der Waals surface area contributed by atoms with Crippen molar-refractivity contribution in [2.45, 2.75) is 39.5 Å². The molecule has 0 fully saturated rings. The predicted molar refractivity (Wildman–Crippen MR) is 132 cm³/mol. The smallest absolute Gasteiger partial charge is 0.276 e. The summed E-state index contributed by atoms with van der Waals surface area (Å²) in [7, 11) is 0. The number of amides is 2. The molecule has 7 nitrogen and oxygen atoms in total. The number of halogens is 1. The average Bonchev–Trinajstić information content (AvgIpc) is 2.77. The Morgan fingerprint density at radius 2 is 1.78 bits per heavy atom. The monoisotopic (exact) mass is 521 g/mol. The van der Waals surface area contributed by atoms with Gasteiger partial charge in [-0.3, -0.25) is 25.8 Å². The second-order valence-electron chi connectivity index (χ2n) is 7.32. The Kier molecular flexibility index (Phi) is 10.4. The summed E-state index contributed by atoms with van der Waals surface area (Å²) in [6.45, 7) is 6.71. The first-order valence-corrected chi connectivity index (χ1v) is 11.6. The van der Waals surface area contributed by atoms with E-state index < -0.39 is 11.8 Å². The van der Waals surface area contributed by atoms with Gasteiger partial charge in [-0.25, -0.2) is 0 Å². The first-order chi connectivity index (χ1) is 15.3. The van der Waals surface area contributed by atoms with E-state index in [4.69, 9.17) is 21.7 Å². The van der Waals surface area contributed by atoms with E-state index in [0.29, 0.717) is 29.6 Å². The fraction of sp³-hybridized carbons (Fsp3) is 0.348. The summed E-state index contributed by atoms with van der Waals surface area (Å²) < 4.78 is 11.9. The molecule has 0 radical (unpaired) electrons. The minimum Gasteiger partial charge on any atom is -0.494 e. The second kappa shape index (κ2) is 13.0. The third-order valence-electron chi connectivity index (χ3n) is 4.41. The number of rotatable bonds is 9. The molecule has 32 heavy (non-hydrogen) atoms. The molecule has 0 saturated heterocycles. The van der Waals surface area contributed by atoms with E-state index in [1.54, 1.807) is 24.3 Å². The van der Waals surface area contributed by atoms with Crippen molar-refractivity contribution in [2.75, 3.05) is 13.2 Å². The molecule has 0 atom stereocenters. The van der Waals surface area contributed by atoms with Crippen LogP contribution in [-0.4, -0.2) is 30.1 Å². The minimum atomic E-state index is -0.449. The lowest BCUT2D eigenvalue weighted by Gasteiger charge is -2.13. The van der Waals surface area contributed by atoms with Crippen LogP contribution >= 0.6 is 28.1 Å². The molecule has 2 amide bonds. The molecule has 0 aliphatic heterocycles. The number of nitrogens with one attached hydrogen (secondary N) is 3. The summed E-state index contributed by atoms with van der Waals surface area (Å²) in [6.07, 6.45) is 2.02. The zero-order valence-corrected chi connectivity index (χ0v) is 20.8. The summed E-state index contributed by atoms with van der Waals surface area (Å²) in [5, 5.41) is 2.47. The van der Waals surface area contributed by atoms with E-state index in [2.05, 4.69) is 52.9 Å². The van der Waals surface area contributed by atoms with E-state index >= 15 is 0 Å². The highest BCUT2D eigenvalue weighted by molar-refractivity contribution is 9.10. The van der Waals surface area contributed by atoms with Gasteiger partial charge >= 0.3 is 0 Å². The van der Waals surface area contributed by atoms with Gasteiger partial charge in [-0.05, 0) is 82.4 Å². The zero-order valence-electron chi connectivity index (χ0n) is 18.4. The Bertz CT molecular complexity index is 935. The molecular weight excluding hydrogens is 494 g/mol. The SMILES string of the molecule is CCCCOc1ccc(C(=O)NC(=S)NNC(=O)COc2ccc(C(C)C)cc2Br)cc1. The van der Waals surface area contributed by atoms with E-state index in [1.807, 2.05) is 18.2 Å². The molecule has 3 N–H and O–H groups in total. The second-order valence-corrected chi connectivity index (χ2v) is 8.58. The van der Waals surface area contributed by atoms with Gasteiger partial charge in [-0.1, -0.05) is 33.3 Å². The fourth-order valence-electron chi connectivity index (χ4n) is 2.54. The van der Waals surface area contributed by atoms with Crippen LogP contribution in [0.1, 0.15) is 55.5 Å². The third-order valence-corrected chi connectivity index (χ3v) is 5.23. The summed E-state index contributed by atoms with van der Waals surface area (Å²) in [4.78, 5) is 24.3. The largest absolute Gasteiger partial charge is 0.494 e. The van der Waals surface area contributed by atoms with Crippen molar-refractivity contribution < 1.29 is 19.1 Å². The zero-order chi connectivity index (χ0) is 23.5. The van der Waals surface area contributed by atoms with Crippen molar-refractivity contribution >= 4 is 45.1 Å². The van der Waals surface area contributed by atoms with Crippen LogP contribution in [0.3, 0.4) is 0 Å². The first-order valence-electron chi connectivity index (χ1n) is 10.4. The van der Waals surface area contributed by atoms with E-state index in [-0.39, 0.29) is 11.7 Å². The molecule has 0 saturated carbocycles. The minimum absolute atomic E-state index is 0.0333. The number of benzene rings is 2. The Labute approximate surface area is 202 Å². The Hall–Kier alpha value is -2.65. The molecule has 2 aromatic rings. The van der Waals surface area contributed by atoms with Gasteiger partial charge in [0.05, 0.1) is 11.1 Å². The topological polar surface area (TPSA) is 88.7 Å². The number of carbonyl (C=O) groups is 2. The van der Waals surface area contributed by atoms with Gasteiger partial charge in [0.15, 0.2) is 11.7 Å². The molecule has 0 spiro atoms. The quantitative estimate of drug-likeness (QED) is 0.256. The van der Waals surface area contributed by atoms with Crippen molar-refractivity contribution in [1.29, 1.82) is 0 Å². The van der Waals surface area contributed by atoms with Crippen molar-refractivity contribution in [3.05, 3.63) is 58.1 Å². The van der Waals surface area contributed by atoms with Gasteiger partial charge < -0.3 is 9.47 Å². The molecular formula is C23H28BrN3O4S. The van der Waals surface area contributed by atoms with E-state index in [1.165, 1.54) is 0 Å². The van der Waals surface area contributed by atoms with Gasteiger partial charge in [0.25, 0.3) is 11.8 Å². The van der Waals surface area contributed by atoms with Crippen LogP contribution in [-0.2, 0) is 4.79 Å². The molecule has 2 rings (SSSR count). The van der Waals surface area contributed by atoms with Crippen LogP contribution in [0.2, 0.25) is 0 Å². The van der Waals surface area contributed by atoms with Crippen LogP contribution < -0.4 is 25.6 Å². The molecule has 0 bridgehead atoms.